The topological polar surface area (TPSA) is 100 Å². The van der Waals surface area contributed by atoms with Gasteiger partial charge in [0, 0.05) is 55.4 Å². The van der Waals surface area contributed by atoms with Crippen molar-refractivity contribution in [2.24, 2.45) is 0 Å². The SMILES string of the molecule is CC(F)(F)Oc1ccc(NC(=O)c2cnc(N3CC[C@@H](O)C3)c(-c3cncnc3)c2)cc1. The maximum absolute atomic E-state index is 13.0. The maximum atomic E-state index is 13.0. The second kappa shape index (κ2) is 8.83. The first-order valence-electron chi connectivity index (χ1n) is 9.95. The molecule has 2 aromatic heterocycles. The highest BCUT2D eigenvalue weighted by atomic mass is 19.3. The highest BCUT2D eigenvalue weighted by Crippen LogP contribution is 2.31. The number of alkyl halides is 2. The zero-order chi connectivity index (χ0) is 22.7. The zero-order valence-electron chi connectivity index (χ0n) is 17.2. The van der Waals surface area contributed by atoms with Crippen LogP contribution in [0.3, 0.4) is 0 Å². The van der Waals surface area contributed by atoms with Crippen LogP contribution in [0, 0.1) is 0 Å². The van der Waals surface area contributed by atoms with E-state index in [0.717, 1.165) is 0 Å². The number of nitrogens with zero attached hydrogens (tertiary/aromatic N) is 4. The molecule has 0 unspecified atom stereocenters. The summed E-state index contributed by atoms with van der Waals surface area (Å²) in [5.41, 5.74) is 2.07. The highest BCUT2D eigenvalue weighted by molar-refractivity contribution is 6.05. The minimum atomic E-state index is -3.29. The van der Waals surface area contributed by atoms with Gasteiger partial charge in [0.05, 0.1) is 11.7 Å². The predicted molar refractivity (Wildman–Crippen MR) is 114 cm³/mol. The summed E-state index contributed by atoms with van der Waals surface area (Å²) in [7, 11) is 0. The van der Waals surface area contributed by atoms with E-state index >= 15 is 0 Å². The number of aliphatic hydroxyl groups excluding tert-OH is 1. The molecular formula is C22H21F2N5O3. The lowest BCUT2D eigenvalue weighted by atomic mass is 10.1. The Labute approximate surface area is 182 Å². The van der Waals surface area contributed by atoms with E-state index in [2.05, 4.69) is 25.0 Å². The number of pyridine rings is 1. The molecule has 1 fully saturated rings. The number of ether oxygens (including phenoxy) is 1. The summed E-state index contributed by atoms with van der Waals surface area (Å²) in [6, 6.07) is 7.33. The fraction of sp³-hybridized carbons (Fsp3) is 0.273. The van der Waals surface area contributed by atoms with E-state index in [1.807, 2.05) is 4.90 Å². The predicted octanol–water partition coefficient (Wildman–Crippen LogP) is 3.35. The second-order valence-electron chi connectivity index (χ2n) is 7.50. The van der Waals surface area contributed by atoms with Gasteiger partial charge in [-0.2, -0.15) is 8.78 Å². The van der Waals surface area contributed by atoms with Crippen LogP contribution >= 0.6 is 0 Å². The number of aromatic nitrogens is 3. The molecule has 8 nitrogen and oxygen atoms in total. The van der Waals surface area contributed by atoms with Gasteiger partial charge in [-0.15, -0.1) is 0 Å². The maximum Gasteiger partial charge on any atom is 0.394 e. The molecule has 2 N–H and O–H groups in total. The average molecular weight is 441 g/mol. The first kappa shape index (κ1) is 21.6. The van der Waals surface area contributed by atoms with Crippen molar-refractivity contribution in [1.82, 2.24) is 15.0 Å². The van der Waals surface area contributed by atoms with Gasteiger partial charge in [0.25, 0.3) is 5.91 Å². The Morgan fingerprint density at radius 2 is 1.94 bits per heavy atom. The Kier molecular flexibility index (Phi) is 5.95. The third-order valence-electron chi connectivity index (χ3n) is 4.87. The summed E-state index contributed by atoms with van der Waals surface area (Å²) in [6.07, 6.45) is 3.04. The monoisotopic (exact) mass is 441 g/mol. The molecule has 4 rings (SSSR count). The Hall–Kier alpha value is -3.66. The van der Waals surface area contributed by atoms with Gasteiger partial charge in [-0.25, -0.2) is 15.0 Å². The lowest BCUT2D eigenvalue weighted by Gasteiger charge is -2.20. The number of benzene rings is 1. The van der Waals surface area contributed by atoms with Gasteiger partial charge in [0.15, 0.2) is 0 Å². The van der Waals surface area contributed by atoms with Crippen molar-refractivity contribution in [2.45, 2.75) is 25.6 Å². The first-order valence-corrected chi connectivity index (χ1v) is 9.95. The number of β-amino-alcohol motifs (C(OH)–C–C–N with tert-alkyl or cyclic N) is 1. The Morgan fingerprint density at radius 3 is 2.56 bits per heavy atom. The Bertz CT molecular complexity index is 1090. The Morgan fingerprint density at radius 1 is 1.22 bits per heavy atom. The van der Waals surface area contributed by atoms with Crippen LogP contribution < -0.4 is 15.0 Å². The first-order chi connectivity index (χ1) is 15.3. The van der Waals surface area contributed by atoms with Crippen molar-refractivity contribution in [3.63, 3.8) is 0 Å². The highest BCUT2D eigenvalue weighted by Gasteiger charge is 2.25. The molecule has 32 heavy (non-hydrogen) atoms. The molecule has 0 bridgehead atoms. The van der Waals surface area contributed by atoms with Crippen molar-refractivity contribution >= 4 is 17.4 Å². The number of amides is 1. The number of carbonyl (C=O) groups is 1. The molecule has 3 heterocycles. The van der Waals surface area contributed by atoms with E-state index in [0.29, 0.717) is 54.6 Å². The molecule has 1 amide bonds. The summed E-state index contributed by atoms with van der Waals surface area (Å²) in [6.45, 7) is 1.74. The molecule has 1 aliphatic rings. The van der Waals surface area contributed by atoms with Crippen LogP contribution in [0.1, 0.15) is 23.7 Å². The molecule has 1 aromatic carbocycles. The summed E-state index contributed by atoms with van der Waals surface area (Å²) in [5.74, 6) is 0.202. The minimum absolute atomic E-state index is 0.0133. The van der Waals surface area contributed by atoms with E-state index in [-0.39, 0.29) is 5.75 Å². The van der Waals surface area contributed by atoms with Crippen molar-refractivity contribution in [3.8, 4) is 16.9 Å². The van der Waals surface area contributed by atoms with Crippen molar-refractivity contribution < 1.29 is 23.4 Å². The fourth-order valence-corrected chi connectivity index (χ4v) is 3.44. The van der Waals surface area contributed by atoms with Crippen LogP contribution in [0.25, 0.3) is 11.1 Å². The quantitative estimate of drug-likeness (QED) is 0.605. The van der Waals surface area contributed by atoms with Gasteiger partial charge >= 0.3 is 6.11 Å². The summed E-state index contributed by atoms with van der Waals surface area (Å²) >= 11 is 0. The molecule has 1 aliphatic heterocycles. The standard InChI is InChI=1S/C22H21F2N5O3/c1-22(23,24)32-18-4-2-16(3-5-18)28-21(31)14-8-19(15-9-25-13-26-10-15)20(27-11-14)29-7-6-17(30)12-29/h2-5,8-11,13,17,30H,6-7,12H2,1H3,(H,28,31)/t17-/m1/s1. The van der Waals surface area contributed by atoms with Crippen LogP contribution in [0.2, 0.25) is 0 Å². The van der Waals surface area contributed by atoms with Crippen molar-refractivity contribution in [1.29, 1.82) is 0 Å². The third-order valence-corrected chi connectivity index (χ3v) is 4.87. The molecule has 1 atom stereocenters. The van der Waals surface area contributed by atoms with E-state index in [1.165, 1.54) is 36.8 Å². The molecule has 0 radical (unpaired) electrons. The number of rotatable bonds is 6. The molecular weight excluding hydrogens is 420 g/mol. The number of halogens is 2. The molecule has 0 spiro atoms. The van der Waals surface area contributed by atoms with Crippen LogP contribution in [-0.4, -0.2) is 51.3 Å². The van der Waals surface area contributed by atoms with Crippen LogP contribution in [0.5, 0.6) is 5.75 Å². The molecule has 166 valence electrons. The van der Waals surface area contributed by atoms with E-state index in [9.17, 15) is 18.7 Å². The number of aliphatic hydroxyl groups is 1. The molecule has 0 saturated carbocycles. The lowest BCUT2D eigenvalue weighted by Crippen LogP contribution is -2.23. The molecule has 10 heteroatoms. The van der Waals surface area contributed by atoms with Crippen molar-refractivity contribution in [3.05, 3.63) is 60.8 Å². The lowest BCUT2D eigenvalue weighted by molar-refractivity contribution is -0.158. The van der Waals surface area contributed by atoms with Gasteiger partial charge < -0.3 is 20.1 Å². The molecule has 3 aromatic rings. The van der Waals surface area contributed by atoms with Gasteiger partial charge in [-0.1, -0.05) is 0 Å². The van der Waals surface area contributed by atoms with E-state index < -0.39 is 18.1 Å². The normalized spacial score (nSPS) is 16.1. The Balaban J connectivity index is 1.57. The number of hydrogen-bond acceptors (Lipinski definition) is 7. The summed E-state index contributed by atoms with van der Waals surface area (Å²) in [4.78, 5) is 27.3. The summed E-state index contributed by atoms with van der Waals surface area (Å²) in [5, 5.41) is 12.6. The average Bonchev–Trinajstić information content (AvgIpc) is 3.20. The van der Waals surface area contributed by atoms with Gasteiger partial charge in [0.1, 0.15) is 17.9 Å². The molecule has 0 aliphatic carbocycles. The van der Waals surface area contributed by atoms with Gasteiger partial charge in [-0.05, 0) is 36.8 Å². The third kappa shape index (κ3) is 5.14. The minimum Gasteiger partial charge on any atom is -0.433 e. The number of anilines is 2. The van der Waals surface area contributed by atoms with Gasteiger partial charge in [-0.3, -0.25) is 4.79 Å². The number of carbonyl (C=O) groups excluding carboxylic acids is 1. The number of nitrogens with one attached hydrogen (secondary N) is 1. The number of hydrogen-bond donors (Lipinski definition) is 2. The van der Waals surface area contributed by atoms with Crippen LogP contribution in [0.4, 0.5) is 20.3 Å². The van der Waals surface area contributed by atoms with Crippen LogP contribution in [-0.2, 0) is 0 Å². The van der Waals surface area contributed by atoms with E-state index in [1.54, 1.807) is 18.5 Å². The zero-order valence-corrected chi connectivity index (χ0v) is 17.2. The fourth-order valence-electron chi connectivity index (χ4n) is 3.44. The van der Waals surface area contributed by atoms with E-state index in [4.69, 9.17) is 0 Å². The largest absolute Gasteiger partial charge is 0.433 e. The van der Waals surface area contributed by atoms with Crippen LogP contribution in [0.15, 0.2) is 55.2 Å². The second-order valence-corrected chi connectivity index (χ2v) is 7.50. The molecule has 1 saturated heterocycles. The summed E-state index contributed by atoms with van der Waals surface area (Å²) < 4.78 is 30.4. The smallest absolute Gasteiger partial charge is 0.394 e. The van der Waals surface area contributed by atoms with Crippen molar-refractivity contribution in [2.75, 3.05) is 23.3 Å². The van der Waals surface area contributed by atoms with Gasteiger partial charge in [0.2, 0.25) is 0 Å².